The third-order valence-electron chi connectivity index (χ3n) is 5.99. The Kier molecular flexibility index (Phi) is 9.12. The molecule has 2 heterocycles. The lowest BCUT2D eigenvalue weighted by atomic mass is 9.95. The van der Waals surface area contributed by atoms with Crippen molar-refractivity contribution in [3.63, 3.8) is 0 Å². The van der Waals surface area contributed by atoms with Gasteiger partial charge in [-0.1, -0.05) is 19.3 Å². The Morgan fingerprint density at radius 3 is 2.48 bits per heavy atom. The first-order valence-electron chi connectivity index (χ1n) is 11.3. The summed E-state index contributed by atoms with van der Waals surface area (Å²) in [6, 6.07) is 3.74. The van der Waals surface area contributed by atoms with E-state index in [4.69, 9.17) is 0 Å². The minimum absolute atomic E-state index is 0.0462. The average Bonchev–Trinajstić information content (AvgIpc) is 2.79. The highest BCUT2D eigenvalue weighted by atomic mass is 79.9. The number of hydrogen-bond acceptors (Lipinski definition) is 4. The van der Waals surface area contributed by atoms with E-state index in [1.165, 1.54) is 19.3 Å². The molecule has 0 radical (unpaired) electrons. The summed E-state index contributed by atoms with van der Waals surface area (Å²) in [6.45, 7) is 1.66. The first-order valence-corrected chi connectivity index (χ1v) is 12.0. The number of carbonyl (C=O) groups is 3. The van der Waals surface area contributed by atoms with Gasteiger partial charge in [-0.2, -0.15) is 0 Å². The molecule has 31 heavy (non-hydrogen) atoms. The molecular formula is C22H32BrN5O3. The lowest BCUT2D eigenvalue weighted by Gasteiger charge is -2.31. The molecule has 170 valence electrons. The minimum atomic E-state index is -0.133. The lowest BCUT2D eigenvalue weighted by Crippen LogP contribution is -2.43. The molecule has 1 aromatic heterocycles. The van der Waals surface area contributed by atoms with Crippen LogP contribution >= 0.6 is 15.9 Å². The Morgan fingerprint density at radius 2 is 1.81 bits per heavy atom. The zero-order chi connectivity index (χ0) is 22.1. The molecule has 0 atom stereocenters. The van der Waals surface area contributed by atoms with Crippen molar-refractivity contribution in [2.45, 2.75) is 63.8 Å². The van der Waals surface area contributed by atoms with Crippen molar-refractivity contribution in [3.8, 4) is 0 Å². The van der Waals surface area contributed by atoms with Gasteiger partial charge in [0.05, 0.1) is 0 Å². The summed E-state index contributed by atoms with van der Waals surface area (Å²) >= 11 is 3.32. The van der Waals surface area contributed by atoms with Crippen LogP contribution in [0.2, 0.25) is 0 Å². The first kappa shape index (κ1) is 23.5. The van der Waals surface area contributed by atoms with E-state index in [0.717, 1.165) is 17.3 Å². The molecule has 8 nitrogen and oxygen atoms in total. The summed E-state index contributed by atoms with van der Waals surface area (Å²) in [6.07, 6.45) is 9.69. The summed E-state index contributed by atoms with van der Waals surface area (Å²) < 4.78 is 0.859. The van der Waals surface area contributed by atoms with E-state index in [9.17, 15) is 14.4 Å². The molecule has 0 unspecified atom stereocenters. The van der Waals surface area contributed by atoms with Crippen LogP contribution in [0.1, 0.15) is 57.8 Å². The third-order valence-corrected chi connectivity index (χ3v) is 6.46. The summed E-state index contributed by atoms with van der Waals surface area (Å²) in [5.41, 5.74) is 0. The zero-order valence-electron chi connectivity index (χ0n) is 17.9. The molecule has 9 heteroatoms. The summed E-state index contributed by atoms with van der Waals surface area (Å²) in [5.74, 6) is 0.462. The smallest absolute Gasteiger partial charge is 0.315 e. The number of anilines is 1. The van der Waals surface area contributed by atoms with Gasteiger partial charge in [0.15, 0.2) is 0 Å². The van der Waals surface area contributed by atoms with E-state index >= 15 is 0 Å². The molecule has 4 amide bonds. The van der Waals surface area contributed by atoms with E-state index in [1.54, 1.807) is 12.3 Å². The number of piperidine rings is 1. The second-order valence-corrected chi connectivity index (χ2v) is 9.26. The van der Waals surface area contributed by atoms with E-state index in [0.29, 0.717) is 51.1 Å². The zero-order valence-corrected chi connectivity index (χ0v) is 19.5. The lowest BCUT2D eigenvalue weighted by molar-refractivity contribution is -0.134. The van der Waals surface area contributed by atoms with E-state index < -0.39 is 0 Å². The van der Waals surface area contributed by atoms with E-state index in [1.807, 2.05) is 11.0 Å². The fourth-order valence-electron chi connectivity index (χ4n) is 4.15. The number of nitrogens with one attached hydrogen (secondary N) is 3. The van der Waals surface area contributed by atoms with Gasteiger partial charge in [0.2, 0.25) is 11.8 Å². The topological polar surface area (TPSA) is 103 Å². The highest BCUT2D eigenvalue weighted by Crippen LogP contribution is 2.20. The van der Waals surface area contributed by atoms with Crippen LogP contribution in [0.15, 0.2) is 22.8 Å². The van der Waals surface area contributed by atoms with Gasteiger partial charge in [-0.05, 0) is 60.2 Å². The molecule has 0 aromatic carbocycles. The molecule has 1 saturated carbocycles. The predicted molar refractivity (Wildman–Crippen MR) is 123 cm³/mol. The van der Waals surface area contributed by atoms with Crippen LogP contribution in [0, 0.1) is 5.92 Å². The van der Waals surface area contributed by atoms with Gasteiger partial charge in [0.25, 0.3) is 0 Å². The maximum absolute atomic E-state index is 12.4. The molecule has 0 bridgehead atoms. The number of likely N-dealkylation sites (tertiary alicyclic amines) is 1. The highest BCUT2D eigenvalue weighted by Gasteiger charge is 2.27. The van der Waals surface area contributed by atoms with Gasteiger partial charge >= 0.3 is 6.03 Å². The second kappa shape index (κ2) is 12.0. The molecule has 3 rings (SSSR count). The molecule has 1 aliphatic carbocycles. The Hall–Kier alpha value is -2.16. The number of halogens is 1. The van der Waals surface area contributed by atoms with E-state index in [2.05, 4.69) is 36.9 Å². The quantitative estimate of drug-likeness (QED) is 0.506. The predicted octanol–water partition coefficient (Wildman–Crippen LogP) is 3.43. The number of nitrogens with zero attached hydrogens (tertiary/aromatic N) is 2. The fraction of sp³-hybridized carbons (Fsp3) is 0.636. The first-order chi connectivity index (χ1) is 15.0. The Bertz CT molecular complexity index is 744. The van der Waals surface area contributed by atoms with Crippen LogP contribution in [0.3, 0.4) is 0 Å². The van der Waals surface area contributed by atoms with Crippen LogP contribution in [0.5, 0.6) is 0 Å². The van der Waals surface area contributed by atoms with Crippen LogP contribution < -0.4 is 16.0 Å². The largest absolute Gasteiger partial charge is 0.343 e. The van der Waals surface area contributed by atoms with Crippen molar-refractivity contribution in [1.29, 1.82) is 0 Å². The van der Waals surface area contributed by atoms with Gasteiger partial charge in [-0.3, -0.25) is 9.59 Å². The molecule has 3 N–H and O–H groups in total. The summed E-state index contributed by atoms with van der Waals surface area (Å²) in [5, 5.41) is 8.71. The molecule has 1 aromatic rings. The van der Waals surface area contributed by atoms with Crippen molar-refractivity contribution in [2.75, 3.05) is 25.0 Å². The van der Waals surface area contributed by atoms with Crippen molar-refractivity contribution in [1.82, 2.24) is 20.5 Å². The van der Waals surface area contributed by atoms with Gasteiger partial charge < -0.3 is 20.9 Å². The molecule has 1 saturated heterocycles. The Labute approximate surface area is 192 Å². The highest BCUT2D eigenvalue weighted by molar-refractivity contribution is 9.10. The van der Waals surface area contributed by atoms with Gasteiger partial charge in [-0.25, -0.2) is 9.78 Å². The molecular weight excluding hydrogens is 462 g/mol. The van der Waals surface area contributed by atoms with Crippen molar-refractivity contribution >= 4 is 39.6 Å². The fourth-order valence-corrected chi connectivity index (χ4v) is 4.39. The number of rotatable bonds is 7. The second-order valence-electron chi connectivity index (χ2n) is 8.34. The van der Waals surface area contributed by atoms with Crippen molar-refractivity contribution < 1.29 is 14.4 Å². The van der Waals surface area contributed by atoms with Crippen LogP contribution in [0.25, 0.3) is 0 Å². The number of hydrogen-bond donors (Lipinski definition) is 3. The van der Waals surface area contributed by atoms with E-state index in [-0.39, 0.29) is 29.8 Å². The third kappa shape index (κ3) is 7.79. The summed E-state index contributed by atoms with van der Waals surface area (Å²) in [4.78, 5) is 42.8. The standard InChI is InChI=1S/C22H32BrN5O3/c23-17-8-9-19(25-15-17)27-21(30)16-10-13-28(14-11-16)20(29)7-4-12-24-22(31)26-18-5-2-1-3-6-18/h8-9,15-16,18H,1-7,10-14H2,(H2,24,26,31)(H,25,27,30). The number of amides is 4. The number of pyridine rings is 1. The Morgan fingerprint density at radius 1 is 1.06 bits per heavy atom. The number of carbonyl (C=O) groups excluding carboxylic acids is 3. The minimum Gasteiger partial charge on any atom is -0.343 e. The molecule has 1 aliphatic heterocycles. The van der Waals surface area contributed by atoms with Crippen molar-refractivity contribution in [2.24, 2.45) is 5.92 Å². The normalized spacial score (nSPS) is 17.8. The molecule has 2 fully saturated rings. The van der Waals surface area contributed by atoms with Crippen LogP contribution in [-0.2, 0) is 9.59 Å². The number of urea groups is 1. The maximum atomic E-state index is 12.4. The van der Waals surface area contributed by atoms with Crippen molar-refractivity contribution in [3.05, 3.63) is 22.8 Å². The SMILES string of the molecule is O=C(NCCCC(=O)N1CCC(C(=O)Nc2ccc(Br)cn2)CC1)NC1CCCCC1. The summed E-state index contributed by atoms with van der Waals surface area (Å²) in [7, 11) is 0. The van der Waals surface area contributed by atoms with Gasteiger partial charge in [-0.15, -0.1) is 0 Å². The van der Waals surface area contributed by atoms with Gasteiger partial charge in [0.1, 0.15) is 5.82 Å². The average molecular weight is 494 g/mol. The number of aromatic nitrogens is 1. The molecule has 2 aliphatic rings. The molecule has 0 spiro atoms. The Balaban J connectivity index is 1.28. The maximum Gasteiger partial charge on any atom is 0.315 e. The monoisotopic (exact) mass is 493 g/mol. The van der Waals surface area contributed by atoms with Crippen LogP contribution in [0.4, 0.5) is 10.6 Å². The van der Waals surface area contributed by atoms with Crippen LogP contribution in [-0.4, -0.2) is 53.4 Å². The van der Waals surface area contributed by atoms with Gasteiger partial charge in [0, 0.05) is 48.7 Å².